The van der Waals surface area contributed by atoms with Crippen LogP contribution in [-0.2, 0) is 10.0 Å². The molecule has 0 radical (unpaired) electrons. The Hall–Kier alpha value is -1.70. The van der Waals surface area contributed by atoms with E-state index in [0.29, 0.717) is 5.56 Å². The minimum absolute atomic E-state index is 0.0803. The Morgan fingerprint density at radius 2 is 1.95 bits per heavy atom. The molecule has 1 unspecified atom stereocenters. The first-order valence-corrected chi connectivity index (χ1v) is 8.14. The van der Waals surface area contributed by atoms with Crippen molar-refractivity contribution in [2.24, 2.45) is 0 Å². The molecule has 0 aliphatic heterocycles. The number of aliphatic hydroxyl groups is 1. The number of rotatable bonds is 6. The van der Waals surface area contributed by atoms with E-state index in [1.807, 2.05) is 19.9 Å². The van der Waals surface area contributed by atoms with Gasteiger partial charge in [-0.3, -0.25) is 4.68 Å². The van der Waals surface area contributed by atoms with Crippen LogP contribution < -0.4 is 4.72 Å². The van der Waals surface area contributed by atoms with Crippen LogP contribution >= 0.6 is 0 Å². The summed E-state index contributed by atoms with van der Waals surface area (Å²) in [4.78, 5) is 0.0885. The van der Waals surface area contributed by atoms with Crippen LogP contribution in [0.25, 0.3) is 0 Å². The Labute approximate surface area is 124 Å². The van der Waals surface area contributed by atoms with E-state index >= 15 is 0 Å². The van der Waals surface area contributed by atoms with Crippen LogP contribution in [0, 0.1) is 0 Å². The number of sulfonamides is 1. The number of nitrogens with zero attached hydrogens (tertiary/aromatic N) is 2. The van der Waals surface area contributed by atoms with Crippen LogP contribution in [0.3, 0.4) is 0 Å². The lowest BCUT2D eigenvalue weighted by molar-refractivity contribution is 0.259. The number of hydrogen-bond donors (Lipinski definition) is 2. The minimum Gasteiger partial charge on any atom is -0.394 e. The second-order valence-corrected chi connectivity index (χ2v) is 6.73. The maximum Gasteiger partial charge on any atom is 0.244 e. The lowest BCUT2D eigenvalue weighted by Gasteiger charge is -2.16. The molecule has 21 heavy (non-hydrogen) atoms. The number of hydrogen-bond acceptors (Lipinski definition) is 4. The first-order valence-electron chi connectivity index (χ1n) is 6.66. The summed E-state index contributed by atoms with van der Waals surface area (Å²) in [6, 6.07) is 8.35. The Morgan fingerprint density at radius 1 is 1.29 bits per heavy atom. The van der Waals surface area contributed by atoms with E-state index in [1.165, 1.54) is 12.4 Å². The van der Waals surface area contributed by atoms with Crippen molar-refractivity contribution in [1.29, 1.82) is 0 Å². The van der Waals surface area contributed by atoms with E-state index in [0.717, 1.165) is 0 Å². The van der Waals surface area contributed by atoms with Gasteiger partial charge in [0, 0.05) is 12.2 Å². The summed E-state index contributed by atoms with van der Waals surface area (Å²) in [7, 11) is -3.73. The van der Waals surface area contributed by atoms with Gasteiger partial charge < -0.3 is 5.11 Å². The van der Waals surface area contributed by atoms with Crippen LogP contribution in [0.1, 0.15) is 31.5 Å². The Bertz CT molecular complexity index is 680. The van der Waals surface area contributed by atoms with Gasteiger partial charge in [0.2, 0.25) is 10.0 Å². The summed E-state index contributed by atoms with van der Waals surface area (Å²) in [6.07, 6.45) is 2.79. The fraction of sp³-hybridized carbons (Fsp3) is 0.357. The van der Waals surface area contributed by atoms with Gasteiger partial charge in [0.1, 0.15) is 4.90 Å². The maximum atomic E-state index is 12.3. The Balaban J connectivity index is 2.23. The van der Waals surface area contributed by atoms with Crippen molar-refractivity contribution < 1.29 is 13.5 Å². The van der Waals surface area contributed by atoms with E-state index in [2.05, 4.69) is 9.82 Å². The lowest BCUT2D eigenvalue weighted by atomic mass is 10.1. The van der Waals surface area contributed by atoms with Crippen LogP contribution in [0.2, 0.25) is 0 Å². The Morgan fingerprint density at radius 3 is 2.48 bits per heavy atom. The summed E-state index contributed by atoms with van der Waals surface area (Å²) in [5, 5.41) is 13.5. The molecule has 114 valence electrons. The zero-order valence-corrected chi connectivity index (χ0v) is 12.8. The highest BCUT2D eigenvalue weighted by molar-refractivity contribution is 7.89. The molecule has 0 amide bonds. The largest absolute Gasteiger partial charge is 0.394 e. The van der Waals surface area contributed by atoms with Gasteiger partial charge in [-0.2, -0.15) is 5.10 Å². The molecule has 1 atom stereocenters. The molecule has 0 saturated heterocycles. The molecule has 2 N–H and O–H groups in total. The molecule has 1 aromatic carbocycles. The van der Waals surface area contributed by atoms with Crippen molar-refractivity contribution in [3.63, 3.8) is 0 Å². The number of nitrogens with one attached hydrogen (secondary N) is 1. The van der Waals surface area contributed by atoms with Gasteiger partial charge in [-0.05, 0) is 19.4 Å². The molecule has 0 aliphatic rings. The first kappa shape index (κ1) is 15.7. The third-order valence-electron chi connectivity index (χ3n) is 3.10. The van der Waals surface area contributed by atoms with Crippen LogP contribution in [0.4, 0.5) is 0 Å². The molecule has 0 saturated carbocycles. The number of aliphatic hydroxyl groups excluding tert-OH is 1. The summed E-state index contributed by atoms with van der Waals surface area (Å²) >= 11 is 0. The Kier molecular flexibility index (Phi) is 4.76. The normalized spacial score (nSPS) is 13.5. The van der Waals surface area contributed by atoms with Gasteiger partial charge in [-0.15, -0.1) is 0 Å². The minimum atomic E-state index is -3.73. The standard InChI is InChI=1S/C14H19N3O3S/c1-11(2)17-9-13(8-15-17)21(19,20)16-14(10-18)12-6-4-3-5-7-12/h3-9,11,14,16,18H,10H2,1-2H3. The highest BCUT2D eigenvalue weighted by Gasteiger charge is 2.22. The molecule has 0 fully saturated rings. The lowest BCUT2D eigenvalue weighted by Crippen LogP contribution is -2.30. The second-order valence-electron chi connectivity index (χ2n) is 5.02. The zero-order chi connectivity index (χ0) is 15.5. The number of benzene rings is 1. The predicted octanol–water partition coefficient (Wildman–Crippen LogP) is 1.48. The molecule has 0 aliphatic carbocycles. The average Bonchev–Trinajstić information content (AvgIpc) is 2.96. The molecule has 1 heterocycles. The quantitative estimate of drug-likeness (QED) is 0.846. The second kappa shape index (κ2) is 6.38. The van der Waals surface area contributed by atoms with E-state index in [9.17, 15) is 13.5 Å². The molecule has 2 rings (SSSR count). The van der Waals surface area contributed by atoms with Crippen LogP contribution in [-0.4, -0.2) is 29.9 Å². The van der Waals surface area contributed by atoms with Crippen molar-refractivity contribution in [2.45, 2.75) is 30.8 Å². The smallest absolute Gasteiger partial charge is 0.244 e. The van der Waals surface area contributed by atoms with E-state index in [4.69, 9.17) is 0 Å². The molecule has 1 aromatic heterocycles. The van der Waals surface area contributed by atoms with Crippen molar-refractivity contribution in [2.75, 3.05) is 6.61 Å². The van der Waals surface area contributed by atoms with Crippen molar-refractivity contribution >= 4 is 10.0 Å². The highest BCUT2D eigenvalue weighted by Crippen LogP contribution is 2.17. The van der Waals surface area contributed by atoms with E-state index in [1.54, 1.807) is 28.9 Å². The molecule has 2 aromatic rings. The third-order valence-corrected chi connectivity index (χ3v) is 4.53. The predicted molar refractivity (Wildman–Crippen MR) is 79.2 cm³/mol. The fourth-order valence-electron chi connectivity index (χ4n) is 1.89. The van der Waals surface area contributed by atoms with Crippen LogP contribution in [0.5, 0.6) is 0 Å². The van der Waals surface area contributed by atoms with Gasteiger partial charge in [-0.1, -0.05) is 30.3 Å². The fourth-order valence-corrected chi connectivity index (χ4v) is 3.05. The summed E-state index contributed by atoms with van der Waals surface area (Å²) < 4.78 is 28.7. The summed E-state index contributed by atoms with van der Waals surface area (Å²) in [5.74, 6) is 0. The molecular weight excluding hydrogens is 290 g/mol. The molecular formula is C14H19N3O3S. The average molecular weight is 309 g/mol. The molecule has 0 spiro atoms. The molecule has 6 nitrogen and oxygen atoms in total. The van der Waals surface area contributed by atoms with Gasteiger partial charge >= 0.3 is 0 Å². The van der Waals surface area contributed by atoms with Gasteiger partial charge in [-0.25, -0.2) is 13.1 Å². The SMILES string of the molecule is CC(C)n1cc(S(=O)(=O)NC(CO)c2ccccc2)cn1. The number of aromatic nitrogens is 2. The van der Waals surface area contributed by atoms with E-state index < -0.39 is 16.1 Å². The molecule has 0 bridgehead atoms. The van der Waals surface area contributed by atoms with Gasteiger partial charge in [0.25, 0.3) is 0 Å². The molecule has 7 heteroatoms. The topological polar surface area (TPSA) is 84.2 Å². The van der Waals surface area contributed by atoms with Crippen molar-refractivity contribution in [3.8, 4) is 0 Å². The summed E-state index contributed by atoms with van der Waals surface area (Å²) in [6.45, 7) is 3.51. The summed E-state index contributed by atoms with van der Waals surface area (Å²) in [5.41, 5.74) is 0.708. The first-order chi connectivity index (χ1) is 9.94. The van der Waals surface area contributed by atoms with Crippen molar-refractivity contribution in [1.82, 2.24) is 14.5 Å². The van der Waals surface area contributed by atoms with Crippen LogP contribution in [0.15, 0.2) is 47.6 Å². The van der Waals surface area contributed by atoms with Gasteiger partial charge in [0.15, 0.2) is 0 Å². The van der Waals surface area contributed by atoms with Gasteiger partial charge in [0.05, 0.1) is 18.8 Å². The van der Waals surface area contributed by atoms with Crippen molar-refractivity contribution in [3.05, 3.63) is 48.3 Å². The van der Waals surface area contributed by atoms with E-state index in [-0.39, 0.29) is 17.5 Å². The maximum absolute atomic E-state index is 12.3. The zero-order valence-electron chi connectivity index (χ0n) is 12.0. The third kappa shape index (κ3) is 3.69. The highest BCUT2D eigenvalue weighted by atomic mass is 32.2. The monoisotopic (exact) mass is 309 g/mol.